The molecule has 1 aliphatic rings. The van der Waals surface area contributed by atoms with Crippen molar-refractivity contribution in [3.05, 3.63) is 21.6 Å². The van der Waals surface area contributed by atoms with Crippen molar-refractivity contribution in [1.29, 1.82) is 0 Å². The number of carbonyl (C=O) groups excluding carboxylic acids is 1. The van der Waals surface area contributed by atoms with Crippen molar-refractivity contribution in [3.8, 4) is 0 Å². The number of rotatable bonds is 2. The van der Waals surface area contributed by atoms with E-state index in [2.05, 4.69) is 10.3 Å². The minimum atomic E-state index is -0.961. The standard InChI is InChI=1S/C11H15N3O4/c1-7(2)17-11(16)18-14-10(15)8-5-3-4-6-9(8)12-13-14/h7H,3-6H2,1-2H3. The van der Waals surface area contributed by atoms with E-state index in [9.17, 15) is 9.59 Å². The maximum atomic E-state index is 12.0. The average Bonchev–Trinajstić information content (AvgIpc) is 2.32. The second-order valence-corrected chi connectivity index (χ2v) is 4.41. The molecule has 0 aliphatic heterocycles. The summed E-state index contributed by atoms with van der Waals surface area (Å²) in [4.78, 5) is 28.5. The number of ether oxygens (including phenoxy) is 1. The summed E-state index contributed by atoms with van der Waals surface area (Å²) in [5, 5.41) is 7.46. The molecule has 2 rings (SSSR count). The molecule has 1 heterocycles. The number of carbonyl (C=O) groups is 1. The quantitative estimate of drug-likeness (QED) is 0.563. The molecule has 1 aromatic rings. The second-order valence-electron chi connectivity index (χ2n) is 4.41. The van der Waals surface area contributed by atoms with Gasteiger partial charge in [-0.3, -0.25) is 9.63 Å². The van der Waals surface area contributed by atoms with Gasteiger partial charge in [0, 0.05) is 5.56 Å². The van der Waals surface area contributed by atoms with Crippen molar-refractivity contribution >= 4 is 6.16 Å². The van der Waals surface area contributed by atoms with Crippen LogP contribution in [-0.4, -0.2) is 27.4 Å². The molecule has 7 heteroatoms. The largest absolute Gasteiger partial charge is 0.535 e. The third kappa shape index (κ3) is 2.66. The van der Waals surface area contributed by atoms with Crippen LogP contribution in [-0.2, 0) is 17.6 Å². The van der Waals surface area contributed by atoms with Crippen molar-refractivity contribution in [2.75, 3.05) is 0 Å². The molecule has 0 saturated heterocycles. The minimum Gasteiger partial charge on any atom is -0.430 e. The number of hydrogen-bond acceptors (Lipinski definition) is 6. The smallest absolute Gasteiger partial charge is 0.430 e. The first-order valence-electron chi connectivity index (χ1n) is 5.94. The molecule has 0 amide bonds. The fraction of sp³-hybridized carbons (Fsp3) is 0.636. The van der Waals surface area contributed by atoms with Crippen LogP contribution in [0.2, 0.25) is 0 Å². The molecule has 0 fully saturated rings. The second kappa shape index (κ2) is 5.16. The monoisotopic (exact) mass is 253 g/mol. The third-order valence-corrected chi connectivity index (χ3v) is 2.61. The maximum absolute atomic E-state index is 12.0. The fourth-order valence-electron chi connectivity index (χ4n) is 1.83. The van der Waals surface area contributed by atoms with Gasteiger partial charge in [-0.25, -0.2) is 4.79 Å². The van der Waals surface area contributed by atoms with Crippen molar-refractivity contribution in [3.63, 3.8) is 0 Å². The molecule has 0 N–H and O–H groups in total. The highest BCUT2D eigenvalue weighted by Gasteiger charge is 2.19. The molecule has 0 unspecified atom stereocenters. The zero-order chi connectivity index (χ0) is 13.1. The highest BCUT2D eigenvalue weighted by molar-refractivity contribution is 5.60. The fourth-order valence-corrected chi connectivity index (χ4v) is 1.83. The van der Waals surface area contributed by atoms with Gasteiger partial charge in [-0.2, -0.15) is 0 Å². The van der Waals surface area contributed by atoms with Crippen LogP contribution in [0.25, 0.3) is 0 Å². The molecule has 0 spiro atoms. The van der Waals surface area contributed by atoms with Crippen molar-refractivity contribution in [2.24, 2.45) is 0 Å². The molecule has 7 nitrogen and oxygen atoms in total. The third-order valence-electron chi connectivity index (χ3n) is 2.61. The summed E-state index contributed by atoms with van der Waals surface area (Å²) in [5.74, 6) is 0. The van der Waals surface area contributed by atoms with Gasteiger partial charge in [0.1, 0.15) is 0 Å². The number of aromatic nitrogens is 3. The van der Waals surface area contributed by atoms with Gasteiger partial charge in [0.25, 0.3) is 0 Å². The predicted octanol–water partition coefficient (Wildman–Crippen LogP) is 0.491. The zero-order valence-corrected chi connectivity index (χ0v) is 10.4. The van der Waals surface area contributed by atoms with Gasteiger partial charge in [0.05, 0.1) is 11.8 Å². The van der Waals surface area contributed by atoms with Crippen LogP contribution in [0.15, 0.2) is 4.79 Å². The van der Waals surface area contributed by atoms with E-state index in [0.717, 1.165) is 19.3 Å². The van der Waals surface area contributed by atoms with Gasteiger partial charge in [-0.1, -0.05) is 0 Å². The van der Waals surface area contributed by atoms with Crippen LogP contribution in [0, 0.1) is 0 Å². The normalized spacial score (nSPS) is 14.2. The molecule has 0 aromatic carbocycles. The molecule has 0 bridgehead atoms. The topological polar surface area (TPSA) is 83.3 Å². The van der Waals surface area contributed by atoms with Crippen LogP contribution in [0.1, 0.15) is 37.9 Å². The summed E-state index contributed by atoms with van der Waals surface area (Å²) in [6, 6.07) is 0. The van der Waals surface area contributed by atoms with Gasteiger partial charge < -0.3 is 4.74 Å². The van der Waals surface area contributed by atoms with Gasteiger partial charge in [-0.05, 0) is 49.6 Å². The lowest BCUT2D eigenvalue weighted by atomic mass is 9.98. The summed E-state index contributed by atoms with van der Waals surface area (Å²) in [6.07, 6.45) is 2.04. The Labute approximate surface area is 104 Å². The highest BCUT2D eigenvalue weighted by atomic mass is 16.8. The molecule has 1 aromatic heterocycles. The van der Waals surface area contributed by atoms with E-state index < -0.39 is 11.7 Å². The average molecular weight is 253 g/mol. The Morgan fingerprint density at radius 3 is 2.78 bits per heavy atom. The first-order valence-corrected chi connectivity index (χ1v) is 5.94. The molecule has 0 saturated carbocycles. The van der Waals surface area contributed by atoms with Crippen LogP contribution >= 0.6 is 0 Å². The molecular formula is C11H15N3O4. The number of fused-ring (bicyclic) bond motifs is 1. The predicted molar refractivity (Wildman–Crippen MR) is 61.1 cm³/mol. The lowest BCUT2D eigenvalue weighted by Gasteiger charge is -2.14. The van der Waals surface area contributed by atoms with Crippen molar-refractivity contribution in [2.45, 2.75) is 45.6 Å². The molecule has 18 heavy (non-hydrogen) atoms. The SMILES string of the molecule is CC(C)OC(=O)On1nnc2c(c1=O)CCCC2. The summed E-state index contributed by atoms with van der Waals surface area (Å²) in [6.45, 7) is 3.37. The van der Waals surface area contributed by atoms with Gasteiger partial charge in [0.2, 0.25) is 0 Å². The molecule has 98 valence electrons. The highest BCUT2D eigenvalue weighted by Crippen LogP contribution is 2.14. The summed E-state index contributed by atoms with van der Waals surface area (Å²) in [7, 11) is 0. The Morgan fingerprint density at radius 2 is 2.06 bits per heavy atom. The van der Waals surface area contributed by atoms with Crippen molar-refractivity contribution in [1.82, 2.24) is 15.2 Å². The van der Waals surface area contributed by atoms with E-state index in [1.807, 2.05) is 0 Å². The molecular weight excluding hydrogens is 238 g/mol. The Balaban J connectivity index is 2.19. The number of hydrogen-bond donors (Lipinski definition) is 0. The Kier molecular flexibility index (Phi) is 3.59. The van der Waals surface area contributed by atoms with Crippen LogP contribution in [0.5, 0.6) is 0 Å². The number of nitrogens with zero attached hydrogens (tertiary/aromatic N) is 3. The molecule has 0 radical (unpaired) electrons. The molecule has 0 atom stereocenters. The zero-order valence-electron chi connectivity index (χ0n) is 10.4. The summed E-state index contributed by atoms with van der Waals surface area (Å²) >= 11 is 0. The van der Waals surface area contributed by atoms with E-state index in [0.29, 0.717) is 22.5 Å². The van der Waals surface area contributed by atoms with E-state index in [4.69, 9.17) is 9.57 Å². The van der Waals surface area contributed by atoms with E-state index in [1.165, 1.54) is 0 Å². The Hall–Kier alpha value is -1.92. The summed E-state index contributed by atoms with van der Waals surface area (Å²) in [5.41, 5.74) is 0.845. The van der Waals surface area contributed by atoms with Crippen molar-refractivity contribution < 1.29 is 14.4 Å². The van der Waals surface area contributed by atoms with Gasteiger partial charge in [-0.15, -0.1) is 5.10 Å². The van der Waals surface area contributed by atoms with Crippen LogP contribution < -0.4 is 10.4 Å². The van der Waals surface area contributed by atoms with E-state index in [1.54, 1.807) is 13.8 Å². The first-order chi connectivity index (χ1) is 8.58. The Morgan fingerprint density at radius 1 is 1.33 bits per heavy atom. The first kappa shape index (κ1) is 12.5. The molecule has 1 aliphatic carbocycles. The lowest BCUT2D eigenvalue weighted by molar-refractivity contribution is 0.0126. The number of aryl methyl sites for hydroxylation is 1. The summed E-state index contributed by atoms with van der Waals surface area (Å²) < 4.78 is 4.76. The van der Waals surface area contributed by atoms with Gasteiger partial charge >= 0.3 is 11.7 Å². The van der Waals surface area contributed by atoms with Crippen LogP contribution in [0.4, 0.5) is 4.79 Å². The van der Waals surface area contributed by atoms with Gasteiger partial charge in [0.15, 0.2) is 0 Å². The maximum Gasteiger partial charge on any atom is 0.535 e. The van der Waals surface area contributed by atoms with E-state index >= 15 is 0 Å². The Bertz CT molecular complexity index is 510. The minimum absolute atomic E-state index is 0.321. The van der Waals surface area contributed by atoms with Crippen LogP contribution in [0.3, 0.4) is 0 Å². The van der Waals surface area contributed by atoms with E-state index in [-0.39, 0.29) is 6.10 Å². The lowest BCUT2D eigenvalue weighted by Crippen LogP contribution is -2.38.